The average Bonchev–Trinajstić information content (AvgIpc) is 2.36. The first-order valence-electron chi connectivity index (χ1n) is 5.70. The summed E-state index contributed by atoms with van der Waals surface area (Å²) >= 11 is 0. The molecule has 0 bridgehead atoms. The summed E-state index contributed by atoms with van der Waals surface area (Å²) in [5.74, 6) is -0.328. The van der Waals surface area contributed by atoms with E-state index in [2.05, 4.69) is 0 Å². The highest BCUT2D eigenvalue weighted by atomic mass is 16.6. The monoisotopic (exact) mass is 269 g/mol. The van der Waals surface area contributed by atoms with Crippen molar-refractivity contribution in [2.24, 2.45) is 0 Å². The van der Waals surface area contributed by atoms with Gasteiger partial charge in [0.2, 0.25) is 0 Å². The van der Waals surface area contributed by atoms with Gasteiger partial charge in [-0.05, 0) is 19.9 Å². The number of aliphatic hydroxyl groups excluding tert-OH is 1. The Morgan fingerprint density at radius 3 is 2.74 bits per heavy atom. The zero-order valence-corrected chi connectivity index (χ0v) is 10.7. The van der Waals surface area contributed by atoms with Crippen LogP contribution in [0, 0.1) is 10.1 Å². The molecule has 104 valence electrons. The van der Waals surface area contributed by atoms with Crippen LogP contribution in [0.4, 0.5) is 5.69 Å². The van der Waals surface area contributed by atoms with Gasteiger partial charge in [0.1, 0.15) is 5.75 Å². The highest BCUT2D eigenvalue weighted by Gasteiger charge is 2.16. The number of non-ortho nitro benzene ring substituents is 1. The molecule has 0 heterocycles. The van der Waals surface area contributed by atoms with Gasteiger partial charge in [-0.1, -0.05) is 0 Å². The molecule has 1 N–H and O–H groups in total. The van der Waals surface area contributed by atoms with Crippen molar-refractivity contribution < 1.29 is 24.3 Å². The molecule has 0 amide bonds. The third-order valence-electron chi connectivity index (χ3n) is 2.31. The lowest BCUT2D eigenvalue weighted by atomic mass is 10.1. The molecule has 1 rings (SSSR count). The van der Waals surface area contributed by atoms with Gasteiger partial charge < -0.3 is 14.6 Å². The molecule has 1 atom stereocenters. The fourth-order valence-electron chi connectivity index (χ4n) is 1.45. The number of nitrogens with zero attached hydrogens (tertiary/aromatic N) is 1. The summed E-state index contributed by atoms with van der Waals surface area (Å²) in [6, 6.07) is 3.80. The molecule has 0 aliphatic rings. The largest absolute Gasteiger partial charge is 0.482 e. The van der Waals surface area contributed by atoms with Crippen molar-refractivity contribution in [1.29, 1.82) is 0 Å². The minimum atomic E-state index is -0.947. The SMILES string of the molecule is CCOC(=O)COc1ccc([N+](=O)[O-])cc1[C@H](C)O. The van der Waals surface area contributed by atoms with Crippen LogP contribution in [0.25, 0.3) is 0 Å². The summed E-state index contributed by atoms with van der Waals surface area (Å²) in [5, 5.41) is 20.2. The zero-order chi connectivity index (χ0) is 14.4. The summed E-state index contributed by atoms with van der Waals surface area (Å²) in [5.41, 5.74) is 0.0953. The van der Waals surface area contributed by atoms with E-state index in [-0.39, 0.29) is 30.2 Å². The van der Waals surface area contributed by atoms with Gasteiger partial charge in [0, 0.05) is 17.7 Å². The second-order valence-corrected chi connectivity index (χ2v) is 3.75. The van der Waals surface area contributed by atoms with Crippen molar-refractivity contribution in [2.45, 2.75) is 20.0 Å². The number of hydrogen-bond donors (Lipinski definition) is 1. The lowest BCUT2D eigenvalue weighted by Crippen LogP contribution is -2.15. The Morgan fingerprint density at radius 2 is 2.21 bits per heavy atom. The Morgan fingerprint density at radius 1 is 1.53 bits per heavy atom. The molecular formula is C12H15NO6. The van der Waals surface area contributed by atoms with Gasteiger partial charge in [0.25, 0.3) is 5.69 Å². The van der Waals surface area contributed by atoms with Gasteiger partial charge in [0.05, 0.1) is 17.6 Å². The van der Waals surface area contributed by atoms with Crippen LogP contribution in [0.5, 0.6) is 5.75 Å². The molecule has 0 aliphatic heterocycles. The van der Waals surface area contributed by atoms with Crippen LogP contribution in [0.3, 0.4) is 0 Å². The third kappa shape index (κ3) is 4.22. The van der Waals surface area contributed by atoms with E-state index in [1.807, 2.05) is 0 Å². The first kappa shape index (κ1) is 14.9. The van der Waals surface area contributed by atoms with Crippen molar-refractivity contribution in [3.63, 3.8) is 0 Å². The van der Waals surface area contributed by atoms with E-state index >= 15 is 0 Å². The first-order valence-corrected chi connectivity index (χ1v) is 5.70. The predicted molar refractivity (Wildman–Crippen MR) is 65.9 cm³/mol. The Hall–Kier alpha value is -2.15. The maximum Gasteiger partial charge on any atom is 0.344 e. The highest BCUT2D eigenvalue weighted by Crippen LogP contribution is 2.29. The van der Waals surface area contributed by atoms with Crippen LogP contribution in [0.2, 0.25) is 0 Å². The number of nitro benzene ring substituents is 1. The molecule has 0 saturated carbocycles. The minimum absolute atomic E-state index is 0.153. The van der Waals surface area contributed by atoms with Crippen molar-refractivity contribution in [1.82, 2.24) is 0 Å². The van der Waals surface area contributed by atoms with Crippen molar-refractivity contribution in [2.75, 3.05) is 13.2 Å². The van der Waals surface area contributed by atoms with Crippen LogP contribution < -0.4 is 4.74 Å². The molecule has 7 heteroatoms. The van der Waals surface area contributed by atoms with E-state index in [0.29, 0.717) is 0 Å². The quantitative estimate of drug-likeness (QED) is 0.478. The van der Waals surface area contributed by atoms with Crippen LogP contribution in [0.1, 0.15) is 25.5 Å². The van der Waals surface area contributed by atoms with Crippen LogP contribution in [-0.2, 0) is 9.53 Å². The minimum Gasteiger partial charge on any atom is -0.482 e. The van der Waals surface area contributed by atoms with E-state index in [0.717, 1.165) is 0 Å². The fourth-order valence-corrected chi connectivity index (χ4v) is 1.45. The van der Waals surface area contributed by atoms with Gasteiger partial charge in [0.15, 0.2) is 6.61 Å². The first-order chi connectivity index (χ1) is 8.95. The van der Waals surface area contributed by atoms with Gasteiger partial charge in [-0.3, -0.25) is 10.1 Å². The fraction of sp³-hybridized carbons (Fsp3) is 0.417. The number of hydrogen-bond acceptors (Lipinski definition) is 6. The summed E-state index contributed by atoms with van der Waals surface area (Å²) in [7, 11) is 0. The molecule has 0 aromatic heterocycles. The second kappa shape index (κ2) is 6.69. The standard InChI is InChI=1S/C12H15NO6/c1-3-18-12(15)7-19-11-5-4-9(13(16)17)6-10(11)8(2)14/h4-6,8,14H,3,7H2,1-2H3/t8-/m0/s1. The number of carbonyl (C=O) groups is 1. The zero-order valence-electron chi connectivity index (χ0n) is 10.7. The number of ether oxygens (including phenoxy) is 2. The van der Waals surface area contributed by atoms with Crippen LogP contribution >= 0.6 is 0 Å². The Kier molecular flexibility index (Phi) is 5.25. The van der Waals surface area contributed by atoms with E-state index < -0.39 is 17.0 Å². The summed E-state index contributed by atoms with van der Waals surface area (Å²) < 4.78 is 9.88. The molecule has 0 spiro atoms. The van der Waals surface area contributed by atoms with E-state index in [1.54, 1.807) is 6.92 Å². The van der Waals surface area contributed by atoms with Crippen molar-refractivity contribution in [3.8, 4) is 5.75 Å². The topological polar surface area (TPSA) is 98.9 Å². The molecule has 0 radical (unpaired) electrons. The maximum atomic E-state index is 11.2. The maximum absolute atomic E-state index is 11.2. The normalized spacial score (nSPS) is 11.7. The number of aliphatic hydroxyl groups is 1. The summed E-state index contributed by atoms with van der Waals surface area (Å²) in [6.07, 6.45) is -0.947. The number of nitro groups is 1. The smallest absolute Gasteiger partial charge is 0.344 e. The van der Waals surface area contributed by atoms with E-state index in [4.69, 9.17) is 9.47 Å². The molecular weight excluding hydrogens is 254 g/mol. The van der Waals surface area contributed by atoms with E-state index in [1.165, 1.54) is 25.1 Å². The Bertz CT molecular complexity index is 471. The van der Waals surface area contributed by atoms with Crippen LogP contribution in [-0.4, -0.2) is 29.2 Å². The Balaban J connectivity index is 2.88. The van der Waals surface area contributed by atoms with Crippen LogP contribution in [0.15, 0.2) is 18.2 Å². The Labute approximate surface area is 109 Å². The lowest BCUT2D eigenvalue weighted by molar-refractivity contribution is -0.385. The van der Waals surface area contributed by atoms with Gasteiger partial charge in [-0.2, -0.15) is 0 Å². The number of benzene rings is 1. The average molecular weight is 269 g/mol. The number of carbonyl (C=O) groups excluding carboxylic acids is 1. The molecule has 7 nitrogen and oxygen atoms in total. The molecule has 0 aliphatic carbocycles. The molecule has 1 aromatic rings. The molecule has 19 heavy (non-hydrogen) atoms. The molecule has 0 unspecified atom stereocenters. The predicted octanol–water partition coefficient (Wildman–Crippen LogP) is 1.59. The van der Waals surface area contributed by atoms with Crippen molar-refractivity contribution >= 4 is 11.7 Å². The summed E-state index contributed by atoms with van der Waals surface area (Å²) in [6.45, 7) is 3.05. The van der Waals surface area contributed by atoms with Gasteiger partial charge >= 0.3 is 5.97 Å². The van der Waals surface area contributed by atoms with Gasteiger partial charge in [-0.25, -0.2) is 4.79 Å². The number of rotatable bonds is 6. The van der Waals surface area contributed by atoms with Crippen molar-refractivity contribution in [3.05, 3.63) is 33.9 Å². The summed E-state index contributed by atoms with van der Waals surface area (Å²) in [4.78, 5) is 21.2. The molecule has 0 saturated heterocycles. The number of esters is 1. The van der Waals surface area contributed by atoms with Gasteiger partial charge in [-0.15, -0.1) is 0 Å². The third-order valence-corrected chi connectivity index (χ3v) is 2.31. The van der Waals surface area contributed by atoms with E-state index in [9.17, 15) is 20.0 Å². The second-order valence-electron chi connectivity index (χ2n) is 3.75. The highest BCUT2D eigenvalue weighted by molar-refractivity contribution is 5.71. The lowest BCUT2D eigenvalue weighted by Gasteiger charge is -2.12. The molecule has 0 fully saturated rings. The molecule has 1 aromatic carbocycles.